The average Bonchev–Trinajstić information content (AvgIpc) is 2.15. The Morgan fingerprint density at radius 1 is 1.31 bits per heavy atom. The molecule has 1 aromatic heterocycles. The molecule has 0 saturated heterocycles. The lowest BCUT2D eigenvalue weighted by Crippen LogP contribution is -2.19. The molecule has 0 fully saturated rings. The van der Waals surface area contributed by atoms with Crippen molar-refractivity contribution in [2.24, 2.45) is 11.7 Å². The van der Waals surface area contributed by atoms with Crippen LogP contribution >= 0.6 is 0 Å². The lowest BCUT2D eigenvalue weighted by Gasteiger charge is -2.14. The highest BCUT2D eigenvalue weighted by molar-refractivity contribution is 5.29. The van der Waals surface area contributed by atoms with E-state index in [2.05, 4.69) is 18.8 Å². The molecular weight excluding hydrogens is 200 g/mol. The smallest absolute Gasteiger partial charge is 0.140 e. The molecule has 90 valence electrons. The second-order valence-electron chi connectivity index (χ2n) is 4.78. The van der Waals surface area contributed by atoms with E-state index in [9.17, 15) is 0 Å². The largest absolute Gasteiger partial charge is 0.491 e. The van der Waals surface area contributed by atoms with Gasteiger partial charge in [-0.2, -0.15) is 0 Å². The molecule has 0 spiro atoms. The minimum absolute atomic E-state index is 0.107. The lowest BCUT2D eigenvalue weighted by molar-refractivity contribution is 0.266. The van der Waals surface area contributed by atoms with Gasteiger partial charge in [0.2, 0.25) is 0 Å². The van der Waals surface area contributed by atoms with Crippen molar-refractivity contribution < 1.29 is 4.74 Å². The third-order valence-electron chi connectivity index (χ3n) is 2.16. The summed E-state index contributed by atoms with van der Waals surface area (Å²) in [5.74, 6) is 1.39. The van der Waals surface area contributed by atoms with E-state index >= 15 is 0 Å². The number of hydrogen-bond donors (Lipinski definition) is 1. The normalized spacial score (nSPS) is 12.9. The summed E-state index contributed by atoms with van der Waals surface area (Å²) < 4.78 is 5.74. The first kappa shape index (κ1) is 13.0. The van der Waals surface area contributed by atoms with Crippen molar-refractivity contribution in [1.82, 2.24) is 4.98 Å². The van der Waals surface area contributed by atoms with Crippen LogP contribution in [0, 0.1) is 12.8 Å². The Labute approximate surface area is 98.0 Å². The number of hydrogen-bond acceptors (Lipinski definition) is 3. The number of aryl methyl sites for hydroxylation is 1. The van der Waals surface area contributed by atoms with E-state index in [1.165, 1.54) is 0 Å². The number of aromatic nitrogens is 1. The molecule has 1 aromatic rings. The van der Waals surface area contributed by atoms with Gasteiger partial charge in [-0.1, -0.05) is 13.8 Å². The SMILES string of the molecule is Cc1ccc(OCC(C)C)c(CC(C)N)n1. The van der Waals surface area contributed by atoms with Crippen molar-refractivity contribution in [2.45, 2.75) is 40.2 Å². The van der Waals surface area contributed by atoms with Gasteiger partial charge in [-0.05, 0) is 31.9 Å². The Balaban J connectivity index is 2.80. The molecule has 0 aliphatic heterocycles. The third kappa shape index (κ3) is 4.19. The monoisotopic (exact) mass is 222 g/mol. The van der Waals surface area contributed by atoms with E-state index in [1.54, 1.807) is 0 Å². The highest BCUT2D eigenvalue weighted by Gasteiger charge is 2.08. The molecule has 0 bridgehead atoms. The highest BCUT2D eigenvalue weighted by Crippen LogP contribution is 2.19. The predicted octanol–water partition coefficient (Wildman–Crippen LogP) is 2.31. The molecule has 3 heteroatoms. The zero-order chi connectivity index (χ0) is 12.1. The summed E-state index contributed by atoms with van der Waals surface area (Å²) in [5.41, 5.74) is 7.78. The van der Waals surface area contributed by atoms with Crippen molar-refractivity contribution in [3.05, 3.63) is 23.5 Å². The van der Waals surface area contributed by atoms with E-state index in [4.69, 9.17) is 10.5 Å². The molecule has 0 aromatic carbocycles. The molecule has 0 aliphatic carbocycles. The van der Waals surface area contributed by atoms with Crippen LogP contribution < -0.4 is 10.5 Å². The fraction of sp³-hybridized carbons (Fsp3) is 0.615. The van der Waals surface area contributed by atoms with Gasteiger partial charge in [-0.15, -0.1) is 0 Å². The van der Waals surface area contributed by atoms with E-state index in [0.29, 0.717) is 5.92 Å². The molecule has 0 radical (unpaired) electrons. The van der Waals surface area contributed by atoms with Gasteiger partial charge >= 0.3 is 0 Å². The van der Waals surface area contributed by atoms with Gasteiger partial charge in [-0.3, -0.25) is 4.98 Å². The molecule has 16 heavy (non-hydrogen) atoms. The standard InChI is InChI=1S/C13H22N2O/c1-9(2)8-16-13-6-5-11(4)15-12(13)7-10(3)14/h5-6,9-10H,7-8,14H2,1-4H3. The summed E-state index contributed by atoms with van der Waals surface area (Å²) in [5, 5.41) is 0. The minimum Gasteiger partial charge on any atom is -0.491 e. The highest BCUT2D eigenvalue weighted by atomic mass is 16.5. The fourth-order valence-electron chi connectivity index (χ4n) is 1.44. The summed E-state index contributed by atoms with van der Waals surface area (Å²) in [4.78, 5) is 4.49. The molecule has 2 N–H and O–H groups in total. The Hall–Kier alpha value is -1.09. The van der Waals surface area contributed by atoms with Crippen LogP contribution in [-0.2, 0) is 6.42 Å². The van der Waals surface area contributed by atoms with Gasteiger partial charge in [0.15, 0.2) is 0 Å². The van der Waals surface area contributed by atoms with Crippen LogP contribution in [0.15, 0.2) is 12.1 Å². The van der Waals surface area contributed by atoms with Crippen LogP contribution in [-0.4, -0.2) is 17.6 Å². The van der Waals surface area contributed by atoms with Gasteiger partial charge in [-0.25, -0.2) is 0 Å². The maximum atomic E-state index is 5.80. The summed E-state index contributed by atoms with van der Waals surface area (Å²) in [6.07, 6.45) is 0.759. The Bertz CT molecular complexity index is 335. The van der Waals surface area contributed by atoms with E-state index in [-0.39, 0.29) is 6.04 Å². The molecule has 1 atom stereocenters. The van der Waals surface area contributed by atoms with Crippen molar-refractivity contribution in [3.8, 4) is 5.75 Å². The van der Waals surface area contributed by atoms with Crippen LogP contribution in [0.2, 0.25) is 0 Å². The molecule has 1 unspecified atom stereocenters. The first-order valence-corrected chi connectivity index (χ1v) is 5.84. The van der Waals surface area contributed by atoms with Crippen molar-refractivity contribution in [2.75, 3.05) is 6.61 Å². The maximum absolute atomic E-state index is 5.80. The molecule has 1 rings (SSSR count). The zero-order valence-electron chi connectivity index (χ0n) is 10.7. The number of nitrogens with zero attached hydrogens (tertiary/aromatic N) is 1. The molecule has 1 heterocycles. The fourth-order valence-corrected chi connectivity index (χ4v) is 1.44. The van der Waals surface area contributed by atoms with Crippen LogP contribution in [0.25, 0.3) is 0 Å². The van der Waals surface area contributed by atoms with E-state index < -0.39 is 0 Å². The Kier molecular flexibility index (Phi) is 4.74. The predicted molar refractivity (Wildman–Crippen MR) is 66.7 cm³/mol. The molecule has 0 aliphatic rings. The second kappa shape index (κ2) is 5.85. The Morgan fingerprint density at radius 3 is 2.56 bits per heavy atom. The van der Waals surface area contributed by atoms with Gasteiger partial charge in [0.05, 0.1) is 12.3 Å². The van der Waals surface area contributed by atoms with Gasteiger partial charge < -0.3 is 10.5 Å². The van der Waals surface area contributed by atoms with Crippen LogP contribution in [0.1, 0.15) is 32.2 Å². The first-order valence-electron chi connectivity index (χ1n) is 5.84. The molecular formula is C13H22N2O. The van der Waals surface area contributed by atoms with Crippen LogP contribution in [0.3, 0.4) is 0 Å². The van der Waals surface area contributed by atoms with Gasteiger partial charge in [0.25, 0.3) is 0 Å². The molecule has 3 nitrogen and oxygen atoms in total. The Morgan fingerprint density at radius 2 is 2.00 bits per heavy atom. The van der Waals surface area contributed by atoms with Crippen molar-refractivity contribution in [3.63, 3.8) is 0 Å². The van der Waals surface area contributed by atoms with Crippen molar-refractivity contribution in [1.29, 1.82) is 0 Å². The van der Waals surface area contributed by atoms with Crippen LogP contribution in [0.4, 0.5) is 0 Å². The molecule has 0 saturated carbocycles. The quantitative estimate of drug-likeness (QED) is 0.831. The lowest BCUT2D eigenvalue weighted by atomic mass is 10.1. The van der Waals surface area contributed by atoms with E-state index in [1.807, 2.05) is 26.0 Å². The maximum Gasteiger partial charge on any atom is 0.140 e. The average molecular weight is 222 g/mol. The van der Waals surface area contributed by atoms with Gasteiger partial charge in [0.1, 0.15) is 5.75 Å². The second-order valence-corrected chi connectivity index (χ2v) is 4.78. The molecule has 0 amide bonds. The van der Waals surface area contributed by atoms with E-state index in [0.717, 1.165) is 30.2 Å². The third-order valence-corrected chi connectivity index (χ3v) is 2.16. The minimum atomic E-state index is 0.107. The van der Waals surface area contributed by atoms with Crippen molar-refractivity contribution >= 4 is 0 Å². The summed E-state index contributed by atoms with van der Waals surface area (Å²) in [7, 11) is 0. The number of nitrogens with two attached hydrogens (primary N) is 1. The van der Waals surface area contributed by atoms with Gasteiger partial charge in [0, 0.05) is 18.2 Å². The summed E-state index contributed by atoms with van der Waals surface area (Å²) in [6, 6.07) is 4.07. The first-order chi connectivity index (χ1) is 7.49. The van der Waals surface area contributed by atoms with Crippen LogP contribution in [0.5, 0.6) is 5.75 Å². The number of rotatable bonds is 5. The number of ether oxygens (including phenoxy) is 1. The topological polar surface area (TPSA) is 48.1 Å². The number of pyridine rings is 1. The zero-order valence-corrected chi connectivity index (χ0v) is 10.7. The summed E-state index contributed by atoms with van der Waals surface area (Å²) >= 11 is 0. The summed E-state index contributed by atoms with van der Waals surface area (Å²) in [6.45, 7) is 8.95.